The molecule has 1 aliphatic rings. The SMILES string of the molecule is C=C(C)c1nn(CC(C)(C)C)c2c(C3COC3)cc(-c3cnc(C)nc3)cc12. The first-order valence-corrected chi connectivity index (χ1v) is 9.80. The number of fused-ring (bicyclic) bond motifs is 1. The second-order valence-corrected chi connectivity index (χ2v) is 9.06. The zero-order valence-electron chi connectivity index (χ0n) is 17.4. The van der Waals surface area contributed by atoms with E-state index in [2.05, 4.69) is 54.1 Å². The highest BCUT2D eigenvalue weighted by Gasteiger charge is 2.28. The van der Waals surface area contributed by atoms with Crippen molar-refractivity contribution in [2.75, 3.05) is 13.2 Å². The van der Waals surface area contributed by atoms with Crippen molar-refractivity contribution < 1.29 is 4.74 Å². The van der Waals surface area contributed by atoms with Gasteiger partial charge in [-0.05, 0) is 48.1 Å². The Morgan fingerprint density at radius 1 is 1.18 bits per heavy atom. The van der Waals surface area contributed by atoms with Crippen molar-refractivity contribution in [1.29, 1.82) is 0 Å². The van der Waals surface area contributed by atoms with E-state index in [9.17, 15) is 0 Å². The predicted molar refractivity (Wildman–Crippen MR) is 113 cm³/mol. The fraction of sp³-hybridized carbons (Fsp3) is 0.435. The molecule has 28 heavy (non-hydrogen) atoms. The number of benzene rings is 1. The van der Waals surface area contributed by atoms with Gasteiger partial charge in [0, 0.05) is 35.8 Å². The molecule has 1 aliphatic heterocycles. The molecule has 0 bridgehead atoms. The Hall–Kier alpha value is -2.53. The lowest BCUT2D eigenvalue weighted by Gasteiger charge is -2.28. The number of aryl methyl sites for hydroxylation is 1. The maximum Gasteiger partial charge on any atom is 0.125 e. The molecule has 0 atom stereocenters. The fourth-order valence-corrected chi connectivity index (χ4v) is 3.66. The van der Waals surface area contributed by atoms with Crippen LogP contribution in [-0.4, -0.2) is 33.0 Å². The molecule has 0 unspecified atom stereocenters. The van der Waals surface area contributed by atoms with Crippen molar-refractivity contribution in [2.24, 2.45) is 5.41 Å². The van der Waals surface area contributed by atoms with Crippen LogP contribution in [0, 0.1) is 12.3 Å². The van der Waals surface area contributed by atoms with Crippen LogP contribution in [0.1, 0.15) is 50.7 Å². The van der Waals surface area contributed by atoms with Crippen molar-refractivity contribution in [3.05, 3.63) is 48.2 Å². The van der Waals surface area contributed by atoms with Gasteiger partial charge >= 0.3 is 0 Å². The number of ether oxygens (including phenoxy) is 1. The van der Waals surface area contributed by atoms with E-state index in [0.29, 0.717) is 5.92 Å². The van der Waals surface area contributed by atoms with E-state index >= 15 is 0 Å². The Morgan fingerprint density at radius 2 is 1.86 bits per heavy atom. The molecule has 4 rings (SSSR count). The number of aromatic nitrogens is 4. The fourth-order valence-electron chi connectivity index (χ4n) is 3.66. The Labute approximate surface area is 166 Å². The lowest BCUT2D eigenvalue weighted by molar-refractivity contribution is 0.00885. The second kappa shape index (κ2) is 6.82. The summed E-state index contributed by atoms with van der Waals surface area (Å²) in [6.07, 6.45) is 3.79. The molecule has 0 spiro atoms. The minimum absolute atomic E-state index is 0.127. The average molecular weight is 377 g/mol. The summed E-state index contributed by atoms with van der Waals surface area (Å²) < 4.78 is 7.69. The van der Waals surface area contributed by atoms with E-state index < -0.39 is 0 Å². The normalized spacial score (nSPS) is 15.0. The maximum absolute atomic E-state index is 5.52. The van der Waals surface area contributed by atoms with Crippen molar-refractivity contribution in [3.8, 4) is 11.1 Å². The summed E-state index contributed by atoms with van der Waals surface area (Å²) in [7, 11) is 0. The molecule has 0 radical (unpaired) electrons. The molecule has 1 saturated heterocycles. The number of nitrogens with zero attached hydrogens (tertiary/aromatic N) is 4. The van der Waals surface area contributed by atoms with E-state index in [1.165, 1.54) is 11.1 Å². The molecule has 5 nitrogen and oxygen atoms in total. The van der Waals surface area contributed by atoms with Crippen LogP contribution in [0.2, 0.25) is 0 Å². The Morgan fingerprint density at radius 3 is 2.39 bits per heavy atom. The third kappa shape index (κ3) is 3.47. The standard InChI is InChI=1S/C23H28N4O/c1-14(2)21-20-8-16(17-9-24-15(3)25-10-17)7-19(18-11-28-12-18)22(20)27(26-21)13-23(4,5)6/h7-10,18H,1,11-13H2,2-6H3. The number of hydrogen-bond donors (Lipinski definition) is 0. The molecule has 1 fully saturated rings. The van der Waals surface area contributed by atoms with Gasteiger partial charge in [0.25, 0.3) is 0 Å². The first-order chi connectivity index (χ1) is 13.2. The minimum Gasteiger partial charge on any atom is -0.380 e. The summed E-state index contributed by atoms with van der Waals surface area (Å²) in [6, 6.07) is 4.48. The van der Waals surface area contributed by atoms with Crippen molar-refractivity contribution in [1.82, 2.24) is 19.7 Å². The van der Waals surface area contributed by atoms with Gasteiger partial charge in [0.05, 0.1) is 24.4 Å². The first-order valence-electron chi connectivity index (χ1n) is 9.80. The van der Waals surface area contributed by atoms with E-state index in [1.807, 2.05) is 26.2 Å². The molecule has 1 aromatic carbocycles. The van der Waals surface area contributed by atoms with Crippen LogP contribution >= 0.6 is 0 Å². The number of hydrogen-bond acceptors (Lipinski definition) is 4. The van der Waals surface area contributed by atoms with Gasteiger partial charge in [-0.1, -0.05) is 27.4 Å². The Kier molecular flexibility index (Phi) is 4.58. The van der Waals surface area contributed by atoms with Crippen molar-refractivity contribution in [3.63, 3.8) is 0 Å². The molecule has 0 aliphatic carbocycles. The van der Waals surface area contributed by atoms with Crippen LogP contribution in [0.3, 0.4) is 0 Å². The summed E-state index contributed by atoms with van der Waals surface area (Å²) in [5, 5.41) is 6.12. The molecule has 0 amide bonds. The van der Waals surface area contributed by atoms with Gasteiger partial charge in [0.2, 0.25) is 0 Å². The van der Waals surface area contributed by atoms with Gasteiger partial charge < -0.3 is 4.74 Å². The minimum atomic E-state index is 0.127. The highest BCUT2D eigenvalue weighted by molar-refractivity contribution is 5.95. The van der Waals surface area contributed by atoms with Crippen molar-refractivity contribution in [2.45, 2.75) is 47.1 Å². The first kappa shape index (κ1) is 18.8. The maximum atomic E-state index is 5.52. The van der Waals surface area contributed by atoms with E-state index in [0.717, 1.165) is 53.4 Å². The molecule has 5 heteroatoms. The molecule has 3 aromatic rings. The molecular weight excluding hydrogens is 348 g/mol. The summed E-state index contributed by atoms with van der Waals surface area (Å²) in [4.78, 5) is 8.76. The summed E-state index contributed by atoms with van der Waals surface area (Å²) in [5.41, 5.74) is 6.71. The summed E-state index contributed by atoms with van der Waals surface area (Å²) in [5.74, 6) is 1.17. The highest BCUT2D eigenvalue weighted by atomic mass is 16.5. The Bertz CT molecular complexity index is 1040. The van der Waals surface area contributed by atoms with E-state index in [4.69, 9.17) is 9.84 Å². The van der Waals surface area contributed by atoms with Gasteiger partial charge in [-0.2, -0.15) is 5.10 Å². The van der Waals surface area contributed by atoms with Crippen LogP contribution in [0.25, 0.3) is 27.6 Å². The molecular formula is C23H28N4O. The zero-order chi connectivity index (χ0) is 20.1. The van der Waals surface area contributed by atoms with E-state index in [1.54, 1.807) is 0 Å². The van der Waals surface area contributed by atoms with Crippen LogP contribution < -0.4 is 0 Å². The highest BCUT2D eigenvalue weighted by Crippen LogP contribution is 2.38. The van der Waals surface area contributed by atoms with Crippen LogP contribution in [-0.2, 0) is 11.3 Å². The zero-order valence-corrected chi connectivity index (χ0v) is 17.4. The predicted octanol–water partition coefficient (Wildman–Crippen LogP) is 4.99. The molecule has 0 N–H and O–H groups in total. The average Bonchev–Trinajstić information content (AvgIpc) is 2.91. The molecule has 2 aromatic heterocycles. The van der Waals surface area contributed by atoms with Gasteiger partial charge in [0.1, 0.15) is 5.82 Å². The van der Waals surface area contributed by atoms with Gasteiger partial charge in [-0.3, -0.25) is 4.68 Å². The van der Waals surface area contributed by atoms with Crippen LogP contribution in [0.5, 0.6) is 0 Å². The lowest BCUT2D eigenvalue weighted by Crippen LogP contribution is -2.26. The number of allylic oxidation sites excluding steroid dienone is 1. The summed E-state index contributed by atoms with van der Waals surface area (Å²) >= 11 is 0. The van der Waals surface area contributed by atoms with Crippen LogP contribution in [0.4, 0.5) is 0 Å². The Balaban J connectivity index is 1.98. The summed E-state index contributed by atoms with van der Waals surface area (Å²) in [6.45, 7) is 17.2. The van der Waals surface area contributed by atoms with E-state index in [-0.39, 0.29) is 5.41 Å². The topological polar surface area (TPSA) is 52.8 Å². The molecule has 3 heterocycles. The van der Waals surface area contributed by atoms with Gasteiger partial charge in [-0.25, -0.2) is 9.97 Å². The number of rotatable bonds is 4. The monoisotopic (exact) mass is 376 g/mol. The van der Waals surface area contributed by atoms with Gasteiger partial charge in [0.15, 0.2) is 0 Å². The molecule has 146 valence electrons. The largest absolute Gasteiger partial charge is 0.380 e. The second-order valence-electron chi connectivity index (χ2n) is 9.06. The van der Waals surface area contributed by atoms with Gasteiger partial charge in [-0.15, -0.1) is 0 Å². The molecule has 0 saturated carbocycles. The smallest absolute Gasteiger partial charge is 0.125 e. The third-order valence-corrected chi connectivity index (χ3v) is 5.09. The quantitative estimate of drug-likeness (QED) is 0.643. The third-order valence-electron chi connectivity index (χ3n) is 5.09. The van der Waals surface area contributed by atoms with Crippen LogP contribution in [0.15, 0.2) is 31.1 Å². The van der Waals surface area contributed by atoms with Crippen molar-refractivity contribution >= 4 is 16.5 Å². The lowest BCUT2D eigenvalue weighted by atomic mass is 9.90.